The number of piperazine rings is 1. The Morgan fingerprint density at radius 3 is 2.24 bits per heavy atom. The molecule has 34 heavy (non-hydrogen) atoms. The summed E-state index contributed by atoms with van der Waals surface area (Å²) in [7, 11) is 0. The average molecular weight is 464 g/mol. The summed E-state index contributed by atoms with van der Waals surface area (Å²) in [5.41, 5.74) is 5.06. The molecule has 184 valence electrons. The summed E-state index contributed by atoms with van der Waals surface area (Å²) >= 11 is 0. The van der Waals surface area contributed by atoms with Crippen molar-refractivity contribution in [2.45, 2.75) is 59.4 Å². The van der Waals surface area contributed by atoms with Crippen molar-refractivity contribution >= 4 is 11.9 Å². The topological polar surface area (TPSA) is 47.0 Å². The lowest BCUT2D eigenvalue weighted by Crippen LogP contribution is -2.55. The lowest BCUT2D eigenvalue weighted by molar-refractivity contribution is -0.117. The monoisotopic (exact) mass is 463 g/mol. The zero-order chi connectivity index (χ0) is 24.5. The van der Waals surface area contributed by atoms with E-state index in [-0.39, 0.29) is 5.78 Å². The predicted octanol–water partition coefficient (Wildman–Crippen LogP) is 4.20. The van der Waals surface area contributed by atoms with E-state index in [4.69, 9.17) is 5.11 Å². The standard InChI is InChI=1S/C29H41N3O2/c1-5-30(6-2)19-27-8-7-9-28(16-27)20-31-17-23(3)32(24(4)18-31)21-26-12-10-25(11-13-26)14-15-29(34)22-33/h7-16,23-24,33H,5-6,17-22H2,1-4H3/b15-14+/t23-,24+. The Kier molecular flexibility index (Phi) is 10.0. The Bertz CT molecular complexity index is 925. The highest BCUT2D eigenvalue weighted by Gasteiger charge is 2.29. The van der Waals surface area contributed by atoms with E-state index in [0.29, 0.717) is 12.1 Å². The molecule has 2 aromatic rings. The minimum atomic E-state index is -0.446. The van der Waals surface area contributed by atoms with E-state index in [1.807, 2.05) is 12.1 Å². The molecule has 0 bridgehead atoms. The van der Waals surface area contributed by atoms with Crippen molar-refractivity contribution < 1.29 is 9.90 Å². The molecule has 5 nitrogen and oxygen atoms in total. The van der Waals surface area contributed by atoms with E-state index >= 15 is 0 Å². The average Bonchev–Trinajstić information content (AvgIpc) is 2.84. The van der Waals surface area contributed by atoms with Crippen molar-refractivity contribution in [1.82, 2.24) is 14.7 Å². The summed E-state index contributed by atoms with van der Waals surface area (Å²) in [6, 6.07) is 18.4. The van der Waals surface area contributed by atoms with Crippen LogP contribution in [-0.4, -0.2) is 70.5 Å². The van der Waals surface area contributed by atoms with Crippen LogP contribution >= 0.6 is 0 Å². The molecule has 2 aromatic carbocycles. The van der Waals surface area contributed by atoms with Crippen molar-refractivity contribution in [3.8, 4) is 0 Å². The maximum absolute atomic E-state index is 11.3. The van der Waals surface area contributed by atoms with Gasteiger partial charge in [-0.3, -0.25) is 19.5 Å². The Hall–Kier alpha value is -2.31. The number of nitrogens with zero attached hydrogens (tertiary/aromatic N) is 3. The second-order valence-corrected chi connectivity index (χ2v) is 9.55. The molecule has 0 spiro atoms. The first-order valence-electron chi connectivity index (χ1n) is 12.6. The molecule has 1 aliphatic rings. The Labute approximate surface area is 205 Å². The summed E-state index contributed by atoms with van der Waals surface area (Å²) in [5, 5.41) is 8.84. The molecule has 0 amide bonds. The van der Waals surface area contributed by atoms with Crippen LogP contribution in [0.5, 0.6) is 0 Å². The summed E-state index contributed by atoms with van der Waals surface area (Å²) in [6.45, 7) is 15.9. The quantitative estimate of drug-likeness (QED) is 0.506. The molecule has 2 atom stereocenters. The molecule has 1 fully saturated rings. The maximum Gasteiger partial charge on any atom is 0.181 e. The van der Waals surface area contributed by atoms with Crippen LogP contribution in [0, 0.1) is 0 Å². The van der Waals surface area contributed by atoms with Crippen molar-refractivity contribution in [2.24, 2.45) is 0 Å². The zero-order valence-corrected chi connectivity index (χ0v) is 21.3. The highest BCUT2D eigenvalue weighted by molar-refractivity contribution is 5.94. The summed E-state index contributed by atoms with van der Waals surface area (Å²) in [6.07, 6.45) is 3.18. The van der Waals surface area contributed by atoms with Gasteiger partial charge in [0.1, 0.15) is 6.61 Å². The van der Waals surface area contributed by atoms with E-state index < -0.39 is 6.61 Å². The number of aliphatic hydroxyl groups excluding tert-OH is 1. The summed E-state index contributed by atoms with van der Waals surface area (Å²) in [4.78, 5) is 18.9. The molecule has 1 N–H and O–H groups in total. The minimum Gasteiger partial charge on any atom is -0.388 e. The Morgan fingerprint density at radius 1 is 0.971 bits per heavy atom. The molecule has 1 aliphatic heterocycles. The largest absolute Gasteiger partial charge is 0.388 e. The van der Waals surface area contributed by atoms with Crippen LogP contribution < -0.4 is 0 Å². The van der Waals surface area contributed by atoms with Crippen LogP contribution in [0.25, 0.3) is 6.08 Å². The van der Waals surface area contributed by atoms with Gasteiger partial charge in [-0.1, -0.05) is 68.5 Å². The van der Waals surface area contributed by atoms with Crippen LogP contribution in [-0.2, 0) is 24.4 Å². The van der Waals surface area contributed by atoms with Gasteiger partial charge in [0, 0.05) is 44.8 Å². The van der Waals surface area contributed by atoms with Crippen LogP contribution in [0.15, 0.2) is 54.6 Å². The molecular weight excluding hydrogens is 422 g/mol. The second kappa shape index (κ2) is 13.0. The van der Waals surface area contributed by atoms with Crippen molar-refractivity contribution in [2.75, 3.05) is 32.8 Å². The first-order chi connectivity index (χ1) is 16.4. The van der Waals surface area contributed by atoms with E-state index in [9.17, 15) is 4.79 Å². The van der Waals surface area contributed by atoms with Gasteiger partial charge in [0.15, 0.2) is 5.78 Å². The summed E-state index contributed by atoms with van der Waals surface area (Å²) in [5.74, 6) is -0.278. The highest BCUT2D eigenvalue weighted by Crippen LogP contribution is 2.21. The van der Waals surface area contributed by atoms with E-state index in [1.54, 1.807) is 6.08 Å². The molecule has 0 unspecified atom stereocenters. The van der Waals surface area contributed by atoms with Gasteiger partial charge in [0.05, 0.1) is 0 Å². The third-order valence-electron chi connectivity index (χ3n) is 6.84. The van der Waals surface area contributed by atoms with Gasteiger partial charge in [-0.05, 0) is 55.3 Å². The van der Waals surface area contributed by atoms with Gasteiger partial charge >= 0.3 is 0 Å². The van der Waals surface area contributed by atoms with Crippen LogP contribution in [0.4, 0.5) is 0 Å². The first kappa shape index (κ1) is 26.3. The Morgan fingerprint density at radius 2 is 1.62 bits per heavy atom. The van der Waals surface area contributed by atoms with Gasteiger partial charge < -0.3 is 5.11 Å². The SMILES string of the molecule is CCN(CC)Cc1cccc(CN2C[C@@H](C)N(Cc3ccc(/C=C/C(=O)CO)cc3)[C@@H](C)C2)c1. The molecule has 0 aromatic heterocycles. The van der Waals surface area contributed by atoms with Gasteiger partial charge in [-0.25, -0.2) is 0 Å². The van der Waals surface area contributed by atoms with E-state index in [1.165, 1.54) is 22.8 Å². The molecule has 1 saturated heterocycles. The highest BCUT2D eigenvalue weighted by atomic mass is 16.3. The van der Waals surface area contributed by atoms with Gasteiger partial charge in [-0.2, -0.15) is 0 Å². The number of hydrogen-bond donors (Lipinski definition) is 1. The molecule has 0 radical (unpaired) electrons. The fourth-order valence-corrected chi connectivity index (χ4v) is 4.88. The summed E-state index contributed by atoms with van der Waals surface area (Å²) < 4.78 is 0. The van der Waals surface area contributed by atoms with E-state index in [0.717, 1.165) is 51.4 Å². The minimum absolute atomic E-state index is 0.278. The molecular formula is C29H41N3O2. The van der Waals surface area contributed by atoms with E-state index in [2.05, 4.69) is 78.8 Å². The fourth-order valence-electron chi connectivity index (χ4n) is 4.88. The number of hydrogen-bond acceptors (Lipinski definition) is 5. The number of rotatable bonds is 11. The third-order valence-corrected chi connectivity index (χ3v) is 6.84. The smallest absolute Gasteiger partial charge is 0.181 e. The number of carbonyl (C=O) groups excluding carboxylic acids is 1. The molecule has 5 heteroatoms. The lowest BCUT2D eigenvalue weighted by Gasteiger charge is -2.44. The van der Waals surface area contributed by atoms with Crippen molar-refractivity contribution in [1.29, 1.82) is 0 Å². The number of carbonyl (C=O) groups is 1. The predicted molar refractivity (Wildman–Crippen MR) is 140 cm³/mol. The van der Waals surface area contributed by atoms with Gasteiger partial charge in [-0.15, -0.1) is 0 Å². The zero-order valence-electron chi connectivity index (χ0n) is 21.3. The Balaban J connectivity index is 1.56. The van der Waals surface area contributed by atoms with Crippen molar-refractivity contribution in [3.63, 3.8) is 0 Å². The van der Waals surface area contributed by atoms with Crippen LogP contribution in [0.2, 0.25) is 0 Å². The number of aliphatic hydroxyl groups is 1. The number of benzene rings is 2. The fraction of sp³-hybridized carbons (Fsp3) is 0.483. The van der Waals surface area contributed by atoms with Crippen LogP contribution in [0.3, 0.4) is 0 Å². The number of ketones is 1. The second-order valence-electron chi connectivity index (χ2n) is 9.55. The van der Waals surface area contributed by atoms with Crippen molar-refractivity contribution in [3.05, 3.63) is 76.9 Å². The third kappa shape index (κ3) is 7.60. The molecule has 0 aliphatic carbocycles. The van der Waals surface area contributed by atoms with Gasteiger partial charge in [0.25, 0.3) is 0 Å². The van der Waals surface area contributed by atoms with Gasteiger partial charge in [0.2, 0.25) is 0 Å². The molecule has 0 saturated carbocycles. The molecule has 3 rings (SSSR count). The molecule has 1 heterocycles. The van der Waals surface area contributed by atoms with Crippen LogP contribution in [0.1, 0.15) is 49.9 Å². The normalized spacial score (nSPS) is 19.8. The maximum atomic E-state index is 11.3. The first-order valence-corrected chi connectivity index (χ1v) is 12.6. The lowest BCUT2D eigenvalue weighted by atomic mass is 10.0.